The fourth-order valence-corrected chi connectivity index (χ4v) is 3.90. The van der Waals surface area contributed by atoms with E-state index in [-0.39, 0.29) is 36.1 Å². The number of rotatable bonds is 2. The Labute approximate surface area is 160 Å². The van der Waals surface area contributed by atoms with Crippen LogP contribution in [-0.2, 0) is 26.2 Å². The van der Waals surface area contributed by atoms with Crippen LogP contribution < -0.4 is 10.6 Å². The maximum Gasteiger partial charge on any atom is 0.323 e. The van der Waals surface area contributed by atoms with Crippen molar-refractivity contribution in [2.75, 3.05) is 11.9 Å². The molecule has 2 N–H and O–H groups in total. The number of ether oxygens (including phenoxy) is 1. The Morgan fingerprint density at radius 3 is 2.52 bits per heavy atom. The van der Waals surface area contributed by atoms with E-state index in [0.29, 0.717) is 23.2 Å². The highest BCUT2D eigenvalue weighted by Gasteiger charge is 2.54. The minimum atomic E-state index is -0.933. The zero-order valence-corrected chi connectivity index (χ0v) is 17.0. The van der Waals surface area contributed by atoms with Crippen LogP contribution in [0.3, 0.4) is 0 Å². The molecule has 27 heavy (non-hydrogen) atoms. The molecule has 1 aromatic rings. The molecule has 2 unspecified atom stereocenters. The number of benzene rings is 1. The molecular weight excluding hydrogens is 347 g/mol. The summed E-state index contributed by atoms with van der Waals surface area (Å²) in [5.41, 5.74) is 0.268. The molecule has 1 aromatic carbocycles. The first-order valence-electron chi connectivity index (χ1n) is 9.41. The normalized spacial score (nSPS) is 24.9. The van der Waals surface area contributed by atoms with E-state index in [1.165, 1.54) is 6.07 Å². The molecule has 1 saturated heterocycles. The first kappa shape index (κ1) is 19.8. The van der Waals surface area contributed by atoms with Crippen LogP contribution in [0.2, 0.25) is 0 Å². The standard InChI is InChI=1S/C21H29FN2O3/c1-19(2,3)9-12-7-15-13(8-14(12)22)21(18(26)24-15)10-16(23-11-21)17(25)27-20(4,5)6/h7-8,16,23H,9-11H2,1-6H3,(H,24,26). The topological polar surface area (TPSA) is 67.4 Å². The highest BCUT2D eigenvalue weighted by atomic mass is 19.1. The Morgan fingerprint density at radius 1 is 1.26 bits per heavy atom. The second-order valence-electron chi connectivity index (χ2n) is 9.93. The van der Waals surface area contributed by atoms with Crippen LogP contribution in [0.25, 0.3) is 0 Å². The first-order valence-corrected chi connectivity index (χ1v) is 9.41. The van der Waals surface area contributed by atoms with Crippen molar-refractivity contribution in [3.05, 3.63) is 29.1 Å². The van der Waals surface area contributed by atoms with Crippen LogP contribution in [0.4, 0.5) is 10.1 Å². The van der Waals surface area contributed by atoms with Gasteiger partial charge < -0.3 is 15.4 Å². The summed E-state index contributed by atoms with van der Waals surface area (Å²) in [4.78, 5) is 25.2. The Balaban J connectivity index is 1.89. The summed E-state index contributed by atoms with van der Waals surface area (Å²) < 4.78 is 20.2. The Hall–Kier alpha value is -1.95. The molecular formula is C21H29FN2O3. The molecule has 0 bridgehead atoms. The predicted molar refractivity (Wildman–Crippen MR) is 102 cm³/mol. The summed E-state index contributed by atoms with van der Waals surface area (Å²) in [7, 11) is 0. The van der Waals surface area contributed by atoms with Gasteiger partial charge in [-0.2, -0.15) is 0 Å². The van der Waals surface area contributed by atoms with E-state index in [1.54, 1.807) is 26.8 Å². The molecule has 0 aromatic heterocycles. The maximum absolute atomic E-state index is 14.8. The number of anilines is 1. The van der Waals surface area contributed by atoms with Gasteiger partial charge in [0.05, 0.1) is 5.41 Å². The summed E-state index contributed by atoms with van der Waals surface area (Å²) in [5, 5.41) is 5.99. The zero-order valence-electron chi connectivity index (χ0n) is 17.0. The number of carbonyl (C=O) groups excluding carboxylic acids is 2. The fourth-order valence-electron chi connectivity index (χ4n) is 3.90. The van der Waals surface area contributed by atoms with Crippen LogP contribution in [0.1, 0.15) is 59.1 Å². The molecule has 5 nitrogen and oxygen atoms in total. The highest BCUT2D eigenvalue weighted by Crippen LogP contribution is 2.45. The van der Waals surface area contributed by atoms with Gasteiger partial charge >= 0.3 is 5.97 Å². The molecule has 6 heteroatoms. The largest absolute Gasteiger partial charge is 0.459 e. The SMILES string of the molecule is CC(C)(C)Cc1cc2c(cc1F)C1(CNC(C(=O)OC(C)(C)C)C1)C(=O)N2. The molecule has 1 fully saturated rings. The molecule has 2 atom stereocenters. The van der Waals surface area contributed by atoms with Crippen molar-refractivity contribution < 1.29 is 18.7 Å². The lowest BCUT2D eigenvalue weighted by atomic mass is 9.78. The second-order valence-corrected chi connectivity index (χ2v) is 9.93. The van der Waals surface area contributed by atoms with Gasteiger partial charge in [-0.15, -0.1) is 0 Å². The van der Waals surface area contributed by atoms with Crippen LogP contribution in [0.15, 0.2) is 12.1 Å². The van der Waals surface area contributed by atoms with Crippen molar-refractivity contribution in [2.24, 2.45) is 5.41 Å². The van der Waals surface area contributed by atoms with Crippen molar-refractivity contribution in [1.29, 1.82) is 0 Å². The summed E-state index contributed by atoms with van der Waals surface area (Å²) in [6.45, 7) is 11.8. The summed E-state index contributed by atoms with van der Waals surface area (Å²) in [6.07, 6.45) is 0.840. The lowest BCUT2D eigenvalue weighted by molar-refractivity contribution is -0.157. The van der Waals surface area contributed by atoms with E-state index >= 15 is 0 Å². The van der Waals surface area contributed by atoms with Crippen molar-refractivity contribution in [3.63, 3.8) is 0 Å². The summed E-state index contributed by atoms with van der Waals surface area (Å²) >= 11 is 0. The molecule has 1 spiro atoms. The molecule has 0 saturated carbocycles. The molecule has 0 aliphatic carbocycles. The van der Waals surface area contributed by atoms with Gasteiger partial charge in [0.2, 0.25) is 5.91 Å². The molecule has 148 valence electrons. The van der Waals surface area contributed by atoms with Gasteiger partial charge in [0, 0.05) is 12.2 Å². The minimum absolute atomic E-state index is 0.0634. The van der Waals surface area contributed by atoms with Crippen molar-refractivity contribution >= 4 is 17.6 Å². The van der Waals surface area contributed by atoms with Crippen molar-refractivity contribution in [3.8, 4) is 0 Å². The Bertz CT molecular complexity index is 792. The predicted octanol–water partition coefficient (Wildman–Crippen LogP) is 3.31. The third-order valence-electron chi connectivity index (χ3n) is 5.00. The van der Waals surface area contributed by atoms with Gasteiger partial charge in [0.15, 0.2) is 0 Å². The summed E-state index contributed by atoms with van der Waals surface area (Å²) in [6, 6.07) is 2.62. The van der Waals surface area contributed by atoms with Gasteiger partial charge in [0.25, 0.3) is 0 Å². The number of hydrogen-bond donors (Lipinski definition) is 2. The molecule has 1 amide bonds. The lowest BCUT2D eigenvalue weighted by Crippen LogP contribution is -2.37. The number of nitrogens with one attached hydrogen (secondary N) is 2. The number of hydrogen-bond acceptors (Lipinski definition) is 4. The maximum atomic E-state index is 14.8. The molecule has 0 radical (unpaired) electrons. The molecule has 2 heterocycles. The molecule has 2 aliphatic heterocycles. The van der Waals surface area contributed by atoms with E-state index in [9.17, 15) is 14.0 Å². The van der Waals surface area contributed by atoms with Crippen LogP contribution in [-0.4, -0.2) is 30.1 Å². The van der Waals surface area contributed by atoms with Crippen molar-refractivity contribution in [2.45, 2.75) is 71.4 Å². The highest BCUT2D eigenvalue weighted by molar-refractivity contribution is 6.07. The fraction of sp³-hybridized carbons (Fsp3) is 0.619. The third kappa shape index (κ3) is 3.86. The number of fused-ring (bicyclic) bond motifs is 2. The number of esters is 1. The Morgan fingerprint density at radius 2 is 1.93 bits per heavy atom. The van der Waals surface area contributed by atoms with Gasteiger partial charge in [-0.1, -0.05) is 20.8 Å². The smallest absolute Gasteiger partial charge is 0.323 e. The first-order chi connectivity index (χ1) is 12.3. The number of carbonyl (C=O) groups is 2. The van der Waals surface area contributed by atoms with E-state index in [2.05, 4.69) is 10.6 Å². The van der Waals surface area contributed by atoms with Crippen LogP contribution in [0, 0.1) is 11.2 Å². The zero-order chi connectivity index (χ0) is 20.2. The lowest BCUT2D eigenvalue weighted by Gasteiger charge is -2.23. The van der Waals surface area contributed by atoms with Gasteiger partial charge in [-0.05, 0) is 62.3 Å². The third-order valence-corrected chi connectivity index (χ3v) is 5.00. The number of amides is 1. The van der Waals surface area contributed by atoms with E-state index in [4.69, 9.17) is 4.74 Å². The van der Waals surface area contributed by atoms with Gasteiger partial charge in [-0.25, -0.2) is 4.39 Å². The monoisotopic (exact) mass is 376 g/mol. The van der Waals surface area contributed by atoms with Crippen LogP contribution >= 0.6 is 0 Å². The molecule has 3 rings (SSSR count). The molecule has 2 aliphatic rings. The summed E-state index contributed by atoms with van der Waals surface area (Å²) in [5.74, 6) is -0.880. The second kappa shape index (κ2) is 6.30. The Kier molecular flexibility index (Phi) is 4.62. The van der Waals surface area contributed by atoms with Crippen molar-refractivity contribution in [1.82, 2.24) is 5.32 Å². The van der Waals surface area contributed by atoms with E-state index < -0.39 is 17.1 Å². The van der Waals surface area contributed by atoms with E-state index in [0.717, 1.165) is 0 Å². The van der Waals surface area contributed by atoms with Gasteiger partial charge in [0.1, 0.15) is 17.5 Å². The van der Waals surface area contributed by atoms with E-state index in [1.807, 2.05) is 20.8 Å². The number of halogens is 1. The quantitative estimate of drug-likeness (QED) is 0.777. The average molecular weight is 376 g/mol. The van der Waals surface area contributed by atoms with Crippen LogP contribution in [0.5, 0.6) is 0 Å². The average Bonchev–Trinajstić information content (AvgIpc) is 3.02. The minimum Gasteiger partial charge on any atom is -0.459 e. The van der Waals surface area contributed by atoms with Gasteiger partial charge in [-0.3, -0.25) is 9.59 Å².